The Morgan fingerprint density at radius 1 is 1.50 bits per heavy atom. The molecule has 86 valence electrons. The van der Waals surface area contributed by atoms with Crippen LogP contribution < -0.4 is 4.90 Å². The molecule has 0 radical (unpaired) electrons. The summed E-state index contributed by atoms with van der Waals surface area (Å²) in [5.41, 5.74) is 1.02. The number of ether oxygens (including phenoxy) is 1. The molecule has 1 atom stereocenters. The summed E-state index contributed by atoms with van der Waals surface area (Å²) < 4.78 is 5.35. The van der Waals surface area contributed by atoms with Crippen molar-refractivity contribution in [3.8, 4) is 0 Å². The number of carboxylic acid groups (broad SMARTS) is 1. The van der Waals surface area contributed by atoms with Crippen molar-refractivity contribution in [1.29, 1.82) is 0 Å². The van der Waals surface area contributed by atoms with Crippen molar-refractivity contribution in [2.75, 3.05) is 12.0 Å². The molecule has 0 bridgehead atoms. The van der Waals surface area contributed by atoms with Gasteiger partial charge in [0.1, 0.15) is 5.72 Å². The van der Waals surface area contributed by atoms with E-state index < -0.39 is 11.8 Å². The molecule has 1 heterocycles. The van der Waals surface area contributed by atoms with Crippen molar-refractivity contribution in [2.24, 2.45) is 0 Å². The molecule has 0 fully saturated rings. The molecule has 4 nitrogen and oxygen atoms in total. The van der Waals surface area contributed by atoms with E-state index in [1.165, 1.54) is 4.90 Å². The highest BCUT2D eigenvalue weighted by Crippen LogP contribution is 2.37. The van der Waals surface area contributed by atoms with Crippen LogP contribution in [0.25, 0.3) is 0 Å². The lowest BCUT2D eigenvalue weighted by molar-refractivity contribution is -0.00474. The minimum Gasteiger partial charge on any atom is -0.465 e. The van der Waals surface area contributed by atoms with E-state index in [2.05, 4.69) is 0 Å². The molecule has 1 aromatic carbocycles. The third-order valence-electron chi connectivity index (χ3n) is 3.19. The molecular weight excluding hydrogens is 206 g/mol. The van der Waals surface area contributed by atoms with Crippen LogP contribution >= 0.6 is 0 Å². The maximum Gasteiger partial charge on any atom is 0.414 e. The molecule has 0 spiro atoms. The molecule has 1 aromatic rings. The number of para-hydroxylation sites is 1. The number of carbonyl (C=O) groups is 1. The number of anilines is 1. The van der Waals surface area contributed by atoms with E-state index in [-0.39, 0.29) is 0 Å². The van der Waals surface area contributed by atoms with Crippen molar-refractivity contribution < 1.29 is 14.6 Å². The van der Waals surface area contributed by atoms with Crippen LogP contribution in [-0.2, 0) is 11.2 Å². The summed E-state index contributed by atoms with van der Waals surface area (Å²) in [6, 6.07) is 7.55. The number of hydrogen-bond acceptors (Lipinski definition) is 2. The first-order valence-electron chi connectivity index (χ1n) is 5.25. The Morgan fingerprint density at radius 3 is 2.81 bits per heavy atom. The average molecular weight is 221 g/mol. The fourth-order valence-electron chi connectivity index (χ4n) is 2.17. The van der Waals surface area contributed by atoms with Crippen LogP contribution in [0.4, 0.5) is 10.5 Å². The highest BCUT2D eigenvalue weighted by atomic mass is 16.5. The number of amides is 1. The molecule has 0 aliphatic carbocycles. The number of nitrogens with zero attached hydrogens (tertiary/aromatic N) is 1. The number of benzene rings is 1. The summed E-state index contributed by atoms with van der Waals surface area (Å²) in [6.07, 6.45) is 0.536. The summed E-state index contributed by atoms with van der Waals surface area (Å²) in [5.74, 6) is 0. The van der Waals surface area contributed by atoms with Crippen molar-refractivity contribution in [3.05, 3.63) is 29.8 Å². The fraction of sp³-hybridized carbons (Fsp3) is 0.417. The van der Waals surface area contributed by atoms with Gasteiger partial charge in [-0.1, -0.05) is 18.2 Å². The first-order chi connectivity index (χ1) is 7.58. The van der Waals surface area contributed by atoms with Gasteiger partial charge in [-0.15, -0.1) is 0 Å². The van der Waals surface area contributed by atoms with E-state index >= 15 is 0 Å². The second kappa shape index (κ2) is 3.79. The van der Waals surface area contributed by atoms with Gasteiger partial charge in [0.25, 0.3) is 0 Å². The third kappa shape index (κ3) is 1.55. The van der Waals surface area contributed by atoms with Crippen LogP contribution in [0.3, 0.4) is 0 Å². The predicted molar refractivity (Wildman–Crippen MR) is 60.7 cm³/mol. The second-order valence-corrected chi connectivity index (χ2v) is 4.13. The standard InChI is InChI=1S/C12H15NO3/c1-12(16-2)8-7-9-5-3-4-6-10(9)13(12)11(14)15/h3-6H,7-8H2,1-2H3,(H,14,15). The van der Waals surface area contributed by atoms with Gasteiger partial charge in [-0.05, 0) is 31.4 Å². The molecule has 1 unspecified atom stereocenters. The van der Waals surface area contributed by atoms with Crippen LogP contribution in [0.1, 0.15) is 18.9 Å². The molecule has 1 N–H and O–H groups in total. The maximum atomic E-state index is 11.3. The number of aryl methyl sites for hydroxylation is 1. The van der Waals surface area contributed by atoms with Gasteiger partial charge >= 0.3 is 6.09 Å². The fourth-order valence-corrected chi connectivity index (χ4v) is 2.17. The van der Waals surface area contributed by atoms with Gasteiger partial charge in [0, 0.05) is 7.11 Å². The molecule has 1 aliphatic heterocycles. The van der Waals surface area contributed by atoms with Crippen molar-refractivity contribution >= 4 is 11.8 Å². The SMILES string of the molecule is COC1(C)CCc2ccccc2N1C(=O)O. The lowest BCUT2D eigenvalue weighted by Gasteiger charge is -2.42. The Bertz CT molecular complexity index is 418. The second-order valence-electron chi connectivity index (χ2n) is 4.13. The first-order valence-corrected chi connectivity index (χ1v) is 5.25. The molecule has 0 saturated carbocycles. The lowest BCUT2D eigenvalue weighted by Crippen LogP contribution is -2.53. The Labute approximate surface area is 94.4 Å². The minimum absolute atomic E-state index is 0.673. The third-order valence-corrected chi connectivity index (χ3v) is 3.19. The van der Waals surface area contributed by atoms with E-state index in [1.54, 1.807) is 14.0 Å². The Morgan fingerprint density at radius 2 is 2.19 bits per heavy atom. The molecule has 4 heteroatoms. The van der Waals surface area contributed by atoms with Crippen LogP contribution in [0.2, 0.25) is 0 Å². The normalized spacial score (nSPS) is 24.0. The molecule has 1 amide bonds. The number of hydrogen-bond donors (Lipinski definition) is 1. The smallest absolute Gasteiger partial charge is 0.414 e. The van der Waals surface area contributed by atoms with Crippen LogP contribution in [-0.4, -0.2) is 24.0 Å². The van der Waals surface area contributed by atoms with E-state index in [4.69, 9.17) is 4.74 Å². The summed E-state index contributed by atoms with van der Waals surface area (Å²) in [7, 11) is 1.55. The largest absolute Gasteiger partial charge is 0.465 e. The highest BCUT2D eigenvalue weighted by Gasteiger charge is 2.40. The predicted octanol–water partition coefficient (Wildman–Crippen LogP) is 2.48. The number of fused-ring (bicyclic) bond motifs is 1. The van der Waals surface area contributed by atoms with E-state index in [0.717, 1.165) is 17.7 Å². The summed E-state index contributed by atoms with van der Waals surface area (Å²) >= 11 is 0. The van der Waals surface area contributed by atoms with Crippen molar-refractivity contribution in [2.45, 2.75) is 25.5 Å². The van der Waals surface area contributed by atoms with Gasteiger partial charge < -0.3 is 9.84 Å². The van der Waals surface area contributed by atoms with Crippen LogP contribution in [0, 0.1) is 0 Å². The molecule has 1 aliphatic rings. The lowest BCUT2D eigenvalue weighted by atomic mass is 9.94. The van der Waals surface area contributed by atoms with Gasteiger partial charge in [-0.2, -0.15) is 0 Å². The number of methoxy groups -OCH3 is 1. The topological polar surface area (TPSA) is 49.8 Å². The van der Waals surface area contributed by atoms with Gasteiger partial charge in [0.15, 0.2) is 0 Å². The van der Waals surface area contributed by atoms with Gasteiger partial charge in [-0.25, -0.2) is 9.69 Å². The van der Waals surface area contributed by atoms with Gasteiger partial charge in [0.2, 0.25) is 0 Å². The van der Waals surface area contributed by atoms with Crippen molar-refractivity contribution in [3.63, 3.8) is 0 Å². The zero-order valence-corrected chi connectivity index (χ0v) is 9.43. The first kappa shape index (κ1) is 11.0. The number of rotatable bonds is 1. The van der Waals surface area contributed by atoms with E-state index in [1.807, 2.05) is 24.3 Å². The van der Waals surface area contributed by atoms with Crippen LogP contribution in [0.15, 0.2) is 24.3 Å². The quantitative estimate of drug-likeness (QED) is 0.792. The molecule has 16 heavy (non-hydrogen) atoms. The highest BCUT2D eigenvalue weighted by molar-refractivity contribution is 5.89. The zero-order chi connectivity index (χ0) is 11.8. The summed E-state index contributed by atoms with van der Waals surface area (Å²) in [6.45, 7) is 1.80. The molecule has 0 saturated heterocycles. The summed E-state index contributed by atoms with van der Waals surface area (Å²) in [4.78, 5) is 12.6. The average Bonchev–Trinajstić information content (AvgIpc) is 2.28. The monoisotopic (exact) mass is 221 g/mol. The molecule has 0 aromatic heterocycles. The van der Waals surface area contributed by atoms with Crippen LogP contribution in [0.5, 0.6) is 0 Å². The van der Waals surface area contributed by atoms with E-state index in [9.17, 15) is 9.90 Å². The molecule has 2 rings (SSSR count). The maximum absolute atomic E-state index is 11.3. The molecular formula is C12H15NO3. The Kier molecular flexibility index (Phi) is 2.59. The Balaban J connectivity index is 2.52. The van der Waals surface area contributed by atoms with Gasteiger partial charge in [-0.3, -0.25) is 0 Å². The van der Waals surface area contributed by atoms with Crippen molar-refractivity contribution in [1.82, 2.24) is 0 Å². The Hall–Kier alpha value is -1.55. The summed E-state index contributed by atoms with van der Waals surface area (Å²) in [5, 5.41) is 9.30. The zero-order valence-electron chi connectivity index (χ0n) is 9.43. The van der Waals surface area contributed by atoms with E-state index in [0.29, 0.717) is 6.42 Å². The minimum atomic E-state index is -0.975. The van der Waals surface area contributed by atoms with Gasteiger partial charge in [0.05, 0.1) is 5.69 Å².